The van der Waals surface area contributed by atoms with E-state index in [0.717, 1.165) is 78.2 Å². The number of ether oxygens (including phenoxy) is 2. The molecule has 1 N–H and O–H groups in total. The molecule has 0 unspecified atom stereocenters. The largest absolute Gasteiger partial charge is 0.492 e. The van der Waals surface area contributed by atoms with Crippen LogP contribution < -0.4 is 10.1 Å². The molecule has 0 saturated carbocycles. The molecule has 1 aliphatic heterocycles. The molecule has 0 radical (unpaired) electrons. The highest BCUT2D eigenvalue weighted by Gasteiger charge is 2.23. The lowest BCUT2D eigenvalue weighted by Gasteiger charge is -2.26. The van der Waals surface area contributed by atoms with Crippen molar-refractivity contribution in [1.29, 1.82) is 0 Å². The van der Waals surface area contributed by atoms with E-state index in [1.165, 1.54) is 11.1 Å². The Kier molecular flexibility index (Phi) is 5.94. The van der Waals surface area contributed by atoms with Crippen molar-refractivity contribution in [3.8, 4) is 16.9 Å². The van der Waals surface area contributed by atoms with Crippen LogP contribution in [0.25, 0.3) is 21.9 Å². The molecule has 1 amide bonds. The lowest BCUT2D eigenvalue weighted by Crippen LogP contribution is -2.38. The van der Waals surface area contributed by atoms with Gasteiger partial charge in [0.05, 0.1) is 13.2 Å². The Morgan fingerprint density at radius 3 is 2.51 bits per heavy atom. The lowest BCUT2D eigenvalue weighted by molar-refractivity contribution is 0.0323. The molecule has 5 heteroatoms. The Morgan fingerprint density at radius 2 is 1.63 bits per heavy atom. The quantitative estimate of drug-likeness (QED) is 0.367. The topological polar surface area (TPSA) is 50.8 Å². The summed E-state index contributed by atoms with van der Waals surface area (Å²) in [6, 6.07) is 26.4. The fraction of sp³-hybridized carbons (Fsp3) is 0.233. The van der Waals surface area contributed by atoms with Gasteiger partial charge in [-0.1, -0.05) is 60.7 Å². The highest BCUT2D eigenvalue weighted by atomic mass is 16.5. The Morgan fingerprint density at radius 1 is 0.857 bits per heavy atom. The summed E-state index contributed by atoms with van der Waals surface area (Å²) in [6.45, 7) is 4.96. The first-order valence-corrected chi connectivity index (χ1v) is 12.2. The minimum absolute atomic E-state index is 0.0826. The van der Waals surface area contributed by atoms with Crippen LogP contribution in [0.2, 0.25) is 0 Å². The molecule has 1 fully saturated rings. The zero-order chi connectivity index (χ0) is 23.6. The van der Waals surface area contributed by atoms with E-state index >= 15 is 0 Å². The van der Waals surface area contributed by atoms with Crippen molar-refractivity contribution in [2.24, 2.45) is 0 Å². The standard InChI is InChI=1S/C30H28N2O3/c33-30(26-11-5-10-23-22-7-2-1-6-21(22)20-27(23)26)31-28-12-13-29(25-9-4-3-8-24(25)28)35-19-16-32-14-17-34-18-15-32/h1-13H,14-20H2,(H,31,33). The highest BCUT2D eigenvalue weighted by Crippen LogP contribution is 2.38. The van der Waals surface area contributed by atoms with Gasteiger partial charge in [0.1, 0.15) is 12.4 Å². The summed E-state index contributed by atoms with van der Waals surface area (Å²) in [6.07, 6.45) is 0.784. The van der Waals surface area contributed by atoms with Crippen LogP contribution in [0.3, 0.4) is 0 Å². The van der Waals surface area contributed by atoms with Crippen molar-refractivity contribution in [3.63, 3.8) is 0 Å². The summed E-state index contributed by atoms with van der Waals surface area (Å²) in [7, 11) is 0. The van der Waals surface area contributed by atoms with Crippen molar-refractivity contribution in [2.75, 3.05) is 44.8 Å². The monoisotopic (exact) mass is 464 g/mol. The van der Waals surface area contributed by atoms with Crippen molar-refractivity contribution in [1.82, 2.24) is 4.90 Å². The second-order valence-corrected chi connectivity index (χ2v) is 9.08. The molecule has 4 aromatic carbocycles. The summed E-state index contributed by atoms with van der Waals surface area (Å²) in [5.74, 6) is 0.753. The Balaban J connectivity index is 1.23. The van der Waals surface area contributed by atoms with Gasteiger partial charge < -0.3 is 14.8 Å². The summed E-state index contributed by atoms with van der Waals surface area (Å²) in [5.41, 5.74) is 6.27. The first kappa shape index (κ1) is 21.8. The minimum Gasteiger partial charge on any atom is -0.492 e. The predicted octanol–water partition coefficient (Wildman–Crippen LogP) is 5.37. The van der Waals surface area contributed by atoms with Gasteiger partial charge in [-0.25, -0.2) is 0 Å². The normalized spacial score (nSPS) is 15.0. The Labute approximate surface area is 205 Å². The van der Waals surface area contributed by atoms with Crippen LogP contribution in [0.5, 0.6) is 5.75 Å². The summed E-state index contributed by atoms with van der Waals surface area (Å²) >= 11 is 0. The maximum atomic E-state index is 13.4. The number of fused-ring (bicyclic) bond motifs is 4. The first-order chi connectivity index (χ1) is 17.3. The fourth-order valence-electron chi connectivity index (χ4n) is 5.18. The number of carbonyl (C=O) groups is 1. The molecule has 176 valence electrons. The van der Waals surface area contributed by atoms with Gasteiger partial charge in [0.15, 0.2) is 0 Å². The van der Waals surface area contributed by atoms with Gasteiger partial charge in [-0.3, -0.25) is 9.69 Å². The second-order valence-electron chi connectivity index (χ2n) is 9.08. The molecule has 4 aromatic rings. The lowest BCUT2D eigenvalue weighted by atomic mass is 10.0. The Bertz CT molecular complexity index is 1390. The number of morpholine rings is 1. The number of carbonyl (C=O) groups excluding carboxylic acids is 1. The van der Waals surface area contributed by atoms with Crippen LogP contribution in [-0.4, -0.2) is 50.3 Å². The zero-order valence-corrected chi connectivity index (χ0v) is 19.6. The van der Waals surface area contributed by atoms with Crippen LogP contribution in [0.4, 0.5) is 5.69 Å². The average Bonchev–Trinajstić information content (AvgIpc) is 3.29. The van der Waals surface area contributed by atoms with Crippen LogP contribution in [-0.2, 0) is 11.2 Å². The molecule has 35 heavy (non-hydrogen) atoms. The van der Waals surface area contributed by atoms with E-state index in [0.29, 0.717) is 6.61 Å². The molecular weight excluding hydrogens is 436 g/mol. The number of nitrogens with one attached hydrogen (secondary N) is 1. The predicted molar refractivity (Wildman–Crippen MR) is 139 cm³/mol. The first-order valence-electron chi connectivity index (χ1n) is 12.2. The van der Waals surface area contributed by atoms with Crippen molar-refractivity contribution < 1.29 is 14.3 Å². The van der Waals surface area contributed by atoms with Crippen LogP contribution in [0.15, 0.2) is 78.9 Å². The fourth-order valence-corrected chi connectivity index (χ4v) is 5.18. The average molecular weight is 465 g/mol. The highest BCUT2D eigenvalue weighted by molar-refractivity contribution is 6.11. The van der Waals surface area contributed by atoms with E-state index in [2.05, 4.69) is 40.5 Å². The molecule has 0 spiro atoms. The second kappa shape index (κ2) is 9.53. The number of hydrogen-bond donors (Lipinski definition) is 1. The third-order valence-corrected chi connectivity index (χ3v) is 7.00. The molecule has 5 nitrogen and oxygen atoms in total. The maximum Gasteiger partial charge on any atom is 0.255 e. The van der Waals surface area contributed by atoms with Crippen molar-refractivity contribution in [3.05, 3.63) is 95.6 Å². The third-order valence-electron chi connectivity index (χ3n) is 7.00. The maximum absolute atomic E-state index is 13.4. The number of benzene rings is 4. The zero-order valence-electron chi connectivity index (χ0n) is 19.6. The molecular formula is C30H28N2O3. The summed E-state index contributed by atoms with van der Waals surface area (Å²) in [5, 5.41) is 5.15. The van der Waals surface area contributed by atoms with Crippen LogP contribution in [0.1, 0.15) is 21.5 Å². The SMILES string of the molecule is O=C(Nc1ccc(OCCN2CCOCC2)c2ccccc12)c1cccc2c1Cc1ccccc1-2. The van der Waals surface area contributed by atoms with Gasteiger partial charge in [0, 0.05) is 41.7 Å². The molecule has 1 aliphatic carbocycles. The molecule has 1 saturated heterocycles. The van der Waals surface area contributed by atoms with Gasteiger partial charge in [-0.15, -0.1) is 0 Å². The van der Waals surface area contributed by atoms with E-state index in [4.69, 9.17) is 9.47 Å². The van der Waals surface area contributed by atoms with E-state index in [1.807, 2.05) is 48.5 Å². The van der Waals surface area contributed by atoms with Crippen molar-refractivity contribution >= 4 is 22.4 Å². The van der Waals surface area contributed by atoms with Gasteiger partial charge in [0.25, 0.3) is 5.91 Å². The van der Waals surface area contributed by atoms with Gasteiger partial charge in [-0.2, -0.15) is 0 Å². The van der Waals surface area contributed by atoms with E-state index < -0.39 is 0 Å². The van der Waals surface area contributed by atoms with Gasteiger partial charge >= 0.3 is 0 Å². The molecule has 6 rings (SSSR count). The number of hydrogen-bond acceptors (Lipinski definition) is 4. The van der Waals surface area contributed by atoms with Crippen LogP contribution in [0, 0.1) is 0 Å². The van der Waals surface area contributed by atoms with Gasteiger partial charge in [-0.05, 0) is 46.9 Å². The number of rotatable bonds is 6. The molecule has 2 aliphatic rings. The van der Waals surface area contributed by atoms with E-state index in [-0.39, 0.29) is 5.91 Å². The summed E-state index contributed by atoms with van der Waals surface area (Å²) < 4.78 is 11.6. The third kappa shape index (κ3) is 4.29. The minimum atomic E-state index is -0.0826. The van der Waals surface area contributed by atoms with E-state index in [9.17, 15) is 4.79 Å². The molecule has 0 bridgehead atoms. The number of anilines is 1. The van der Waals surface area contributed by atoms with Gasteiger partial charge in [0.2, 0.25) is 0 Å². The molecule has 0 aromatic heterocycles. The smallest absolute Gasteiger partial charge is 0.255 e. The Hall–Kier alpha value is -3.67. The molecule has 0 atom stereocenters. The van der Waals surface area contributed by atoms with Crippen molar-refractivity contribution in [2.45, 2.75) is 6.42 Å². The van der Waals surface area contributed by atoms with E-state index in [1.54, 1.807) is 0 Å². The van der Waals surface area contributed by atoms with Crippen LogP contribution >= 0.6 is 0 Å². The summed E-state index contributed by atoms with van der Waals surface area (Å²) in [4.78, 5) is 15.8. The number of nitrogens with zero attached hydrogens (tertiary/aromatic N) is 1. The number of amides is 1. The molecule has 1 heterocycles.